The molecule has 0 aromatic carbocycles. The van der Waals surface area contributed by atoms with E-state index in [1.807, 2.05) is 5.32 Å². The molecule has 0 fully saturated rings. The fraction of sp³-hybridized carbons (Fsp3) is 0.600. The number of carboxylic acid groups (broad SMARTS) is 1. The Balaban J connectivity index is 4.04. The summed E-state index contributed by atoms with van der Waals surface area (Å²) in [6, 6.07) is -1.15. The van der Waals surface area contributed by atoms with Gasteiger partial charge in [0.2, 0.25) is 5.91 Å². The molecule has 0 radical (unpaired) electrons. The number of nitro groups is 1. The van der Waals surface area contributed by atoms with Gasteiger partial charge in [0, 0.05) is 5.75 Å². The van der Waals surface area contributed by atoms with Gasteiger partial charge in [-0.15, -0.1) is 5.43 Å². The first-order valence-electron chi connectivity index (χ1n) is 3.48. The van der Waals surface area contributed by atoms with E-state index in [9.17, 15) is 19.7 Å². The summed E-state index contributed by atoms with van der Waals surface area (Å²) >= 11 is 3.70. The highest BCUT2D eigenvalue weighted by Crippen LogP contribution is 1.87. The van der Waals surface area contributed by atoms with Crippen LogP contribution in [0.3, 0.4) is 0 Å². The second-order valence-electron chi connectivity index (χ2n) is 2.23. The van der Waals surface area contributed by atoms with Gasteiger partial charge in [-0.2, -0.15) is 12.6 Å². The second-order valence-corrected chi connectivity index (χ2v) is 2.60. The van der Waals surface area contributed by atoms with Crippen LogP contribution in [0.15, 0.2) is 0 Å². The molecule has 0 saturated heterocycles. The number of carbonyl (C=O) groups is 2. The Hall–Kier alpha value is -1.51. The minimum atomic E-state index is -1.22. The van der Waals surface area contributed by atoms with E-state index in [-0.39, 0.29) is 5.75 Å². The average molecular weight is 223 g/mol. The fourth-order valence-corrected chi connectivity index (χ4v) is 0.843. The highest BCUT2D eigenvalue weighted by Gasteiger charge is 2.21. The first-order chi connectivity index (χ1) is 6.47. The summed E-state index contributed by atoms with van der Waals surface area (Å²) in [4.78, 5) is 31.0. The lowest BCUT2D eigenvalue weighted by molar-refractivity contribution is -0.547. The van der Waals surface area contributed by atoms with E-state index in [4.69, 9.17) is 5.11 Å². The summed E-state index contributed by atoms with van der Waals surface area (Å²) in [5, 5.41) is 19.3. The molecule has 0 aromatic heterocycles. The van der Waals surface area contributed by atoms with Crippen LogP contribution < -0.4 is 10.7 Å². The molecule has 9 heteroatoms. The van der Waals surface area contributed by atoms with Crippen molar-refractivity contribution in [2.24, 2.45) is 0 Å². The predicted octanol–water partition coefficient (Wildman–Crippen LogP) is -1.73. The van der Waals surface area contributed by atoms with Crippen molar-refractivity contribution < 1.29 is 19.7 Å². The van der Waals surface area contributed by atoms with E-state index < -0.39 is 29.5 Å². The van der Waals surface area contributed by atoms with Gasteiger partial charge in [-0.1, -0.05) is 0 Å². The Kier molecular flexibility index (Phi) is 5.37. The lowest BCUT2D eigenvalue weighted by Crippen LogP contribution is -2.48. The highest BCUT2D eigenvalue weighted by atomic mass is 32.1. The van der Waals surface area contributed by atoms with E-state index in [2.05, 4.69) is 12.6 Å². The first kappa shape index (κ1) is 12.5. The molecular weight excluding hydrogens is 214 g/mol. The quantitative estimate of drug-likeness (QED) is 0.241. The molecule has 0 bridgehead atoms. The Labute approximate surface area is 84.2 Å². The molecule has 8 nitrogen and oxygen atoms in total. The van der Waals surface area contributed by atoms with Gasteiger partial charge in [0.05, 0.1) is 0 Å². The minimum absolute atomic E-state index is 0.105. The molecule has 0 aliphatic rings. The summed E-state index contributed by atoms with van der Waals surface area (Å²) < 4.78 is 0. The molecule has 0 spiro atoms. The zero-order chi connectivity index (χ0) is 11.1. The molecule has 0 heterocycles. The second kappa shape index (κ2) is 6.02. The van der Waals surface area contributed by atoms with Crippen molar-refractivity contribution in [2.75, 3.05) is 12.3 Å². The van der Waals surface area contributed by atoms with Gasteiger partial charge in [0.25, 0.3) is 0 Å². The van der Waals surface area contributed by atoms with Crippen LogP contribution in [0.5, 0.6) is 0 Å². The van der Waals surface area contributed by atoms with Crippen LogP contribution in [0.4, 0.5) is 0 Å². The van der Waals surface area contributed by atoms with E-state index >= 15 is 0 Å². The number of hydrogen-bond acceptors (Lipinski definition) is 5. The molecule has 80 valence electrons. The topological polar surface area (TPSA) is 122 Å². The van der Waals surface area contributed by atoms with Gasteiger partial charge >= 0.3 is 5.97 Å². The maximum Gasteiger partial charge on any atom is 0.322 e. The average Bonchev–Trinajstić information content (AvgIpc) is 2.09. The van der Waals surface area contributed by atoms with Crippen LogP contribution in [0.25, 0.3) is 0 Å². The Morgan fingerprint density at radius 2 is 2.14 bits per heavy atom. The van der Waals surface area contributed by atoms with Gasteiger partial charge in [0.1, 0.15) is 6.54 Å². The number of rotatable bonds is 6. The lowest BCUT2D eigenvalue weighted by atomic mass is 10.3. The maximum absolute atomic E-state index is 11.0. The van der Waals surface area contributed by atoms with Gasteiger partial charge in [-0.3, -0.25) is 9.59 Å². The van der Waals surface area contributed by atoms with E-state index in [1.54, 1.807) is 5.43 Å². The lowest BCUT2D eigenvalue weighted by Gasteiger charge is -2.09. The molecule has 0 aromatic rings. The molecule has 3 N–H and O–H groups in total. The molecule has 0 aliphatic carbocycles. The molecule has 1 amide bonds. The van der Waals surface area contributed by atoms with Crippen LogP contribution in [0, 0.1) is 10.1 Å². The largest absolute Gasteiger partial charge is 0.480 e. The Morgan fingerprint density at radius 3 is 2.50 bits per heavy atom. The number of thiol groups is 1. The fourth-order valence-electron chi connectivity index (χ4n) is 0.596. The highest BCUT2D eigenvalue weighted by molar-refractivity contribution is 7.80. The number of nitrogens with one attached hydrogen (secondary N) is 2. The van der Waals surface area contributed by atoms with Crippen molar-refractivity contribution in [3.8, 4) is 0 Å². The number of aliphatic carboxylic acids is 1. The van der Waals surface area contributed by atoms with E-state index in [0.29, 0.717) is 0 Å². The predicted molar refractivity (Wildman–Crippen MR) is 48.4 cm³/mol. The summed E-state index contributed by atoms with van der Waals surface area (Å²) in [5.41, 5.74) is 1.69. The third kappa shape index (κ3) is 5.19. The van der Waals surface area contributed by atoms with Crippen molar-refractivity contribution in [3.05, 3.63) is 10.1 Å². The summed E-state index contributed by atoms with van der Waals surface area (Å²) in [6.07, 6.45) is 0. The molecular formula is C5H9N3O5S. The van der Waals surface area contributed by atoms with Crippen LogP contribution in [0.2, 0.25) is 0 Å². The van der Waals surface area contributed by atoms with E-state index in [1.165, 1.54) is 0 Å². The minimum Gasteiger partial charge on any atom is -0.480 e. The van der Waals surface area contributed by atoms with Crippen molar-refractivity contribution in [2.45, 2.75) is 6.04 Å². The van der Waals surface area contributed by atoms with Gasteiger partial charge in [-0.25, -0.2) is 10.1 Å². The summed E-state index contributed by atoms with van der Waals surface area (Å²) in [5.74, 6) is -2.11. The number of carboxylic acids is 1. The van der Waals surface area contributed by atoms with Gasteiger partial charge in [0.15, 0.2) is 11.1 Å². The standard InChI is InChI=1S/C5H9N3O5S/c9-4(10)1-6-5(11)3(2-14)7-8(12)13/h3,7,14H,1-2H2,(H,6,11)(H,9,10)/t3-/m0/s1. The Morgan fingerprint density at radius 1 is 1.57 bits per heavy atom. The van der Waals surface area contributed by atoms with E-state index in [0.717, 1.165) is 0 Å². The van der Waals surface area contributed by atoms with Crippen molar-refractivity contribution in [3.63, 3.8) is 0 Å². The normalized spacial score (nSPS) is 11.5. The van der Waals surface area contributed by atoms with Crippen molar-refractivity contribution in [1.29, 1.82) is 0 Å². The SMILES string of the molecule is O=C(O)CNC(=O)[C@H](CS)N[N+](=O)[O-]. The van der Waals surface area contributed by atoms with Gasteiger partial charge < -0.3 is 10.4 Å². The molecule has 0 saturated carbocycles. The van der Waals surface area contributed by atoms with Crippen LogP contribution in [-0.2, 0) is 9.59 Å². The molecule has 0 aliphatic heterocycles. The summed E-state index contributed by atoms with van der Waals surface area (Å²) in [6.45, 7) is -0.581. The van der Waals surface area contributed by atoms with Crippen molar-refractivity contribution >= 4 is 24.5 Å². The molecule has 1 atom stereocenters. The van der Waals surface area contributed by atoms with Gasteiger partial charge in [-0.05, 0) is 0 Å². The third-order valence-corrected chi connectivity index (χ3v) is 1.54. The van der Waals surface area contributed by atoms with Crippen LogP contribution in [0.1, 0.15) is 0 Å². The number of hydrogen-bond donors (Lipinski definition) is 4. The molecule has 14 heavy (non-hydrogen) atoms. The number of hydrazine groups is 1. The molecule has 0 rings (SSSR count). The third-order valence-electron chi connectivity index (χ3n) is 1.17. The summed E-state index contributed by atoms with van der Waals surface area (Å²) in [7, 11) is 0. The monoisotopic (exact) mass is 223 g/mol. The molecule has 0 unspecified atom stereocenters. The Bertz CT molecular complexity index is 246. The maximum atomic E-state index is 11.0. The number of nitrogens with zero attached hydrogens (tertiary/aromatic N) is 1. The van der Waals surface area contributed by atoms with Crippen LogP contribution in [-0.4, -0.2) is 40.4 Å². The number of carbonyl (C=O) groups excluding carboxylic acids is 1. The van der Waals surface area contributed by atoms with Crippen molar-refractivity contribution in [1.82, 2.24) is 10.7 Å². The smallest absolute Gasteiger partial charge is 0.322 e. The first-order valence-corrected chi connectivity index (χ1v) is 4.11. The van der Waals surface area contributed by atoms with Crippen LogP contribution >= 0.6 is 12.6 Å². The zero-order valence-electron chi connectivity index (χ0n) is 6.97. The number of amides is 1. The zero-order valence-corrected chi connectivity index (χ0v) is 7.86.